The van der Waals surface area contributed by atoms with E-state index >= 15 is 0 Å². The zero-order valence-corrected chi connectivity index (χ0v) is 16.9. The smallest absolute Gasteiger partial charge is 0.311 e. The van der Waals surface area contributed by atoms with Crippen molar-refractivity contribution in [3.05, 3.63) is 83.9 Å². The van der Waals surface area contributed by atoms with Crippen LogP contribution >= 0.6 is 7.37 Å². The van der Waals surface area contributed by atoms with Crippen LogP contribution in [0.3, 0.4) is 0 Å². The zero-order chi connectivity index (χ0) is 20.3. The van der Waals surface area contributed by atoms with Crippen LogP contribution in [0.4, 0.5) is 0 Å². The minimum Gasteiger partial charge on any atom is -0.481 e. The summed E-state index contributed by atoms with van der Waals surface area (Å²) in [4.78, 5) is 23.3. The number of benzene rings is 3. The molecule has 0 saturated carbocycles. The van der Waals surface area contributed by atoms with Gasteiger partial charge in [-0.25, -0.2) is 0 Å². The summed E-state index contributed by atoms with van der Waals surface area (Å²) in [5, 5.41) is 11.8. The van der Waals surface area contributed by atoms with Gasteiger partial charge in [-0.2, -0.15) is 0 Å². The van der Waals surface area contributed by atoms with Gasteiger partial charge in [0, 0.05) is 0 Å². The van der Waals surface area contributed by atoms with Crippen molar-refractivity contribution in [2.75, 3.05) is 0 Å². The summed E-state index contributed by atoms with van der Waals surface area (Å²) in [5.74, 6) is -2.10. The number of aliphatic carboxylic acids is 1. The van der Waals surface area contributed by atoms with Crippen molar-refractivity contribution in [3.63, 3.8) is 0 Å². The standard InChI is InChI=1S/C23H25O4P/c1-3-21(22(23(24)25)18-11-5-4-6-12-18)28(26,27)16(2)19-15-9-13-17-10-7-8-14-20(17)19/h4-16,21-22H,3H2,1-2H3,(H,24,25)(H,26,27). The van der Waals surface area contributed by atoms with Gasteiger partial charge in [0.05, 0.1) is 17.2 Å². The first-order valence-electron chi connectivity index (χ1n) is 9.45. The van der Waals surface area contributed by atoms with Gasteiger partial charge in [0.15, 0.2) is 0 Å². The summed E-state index contributed by atoms with van der Waals surface area (Å²) >= 11 is 0. The molecule has 3 aromatic rings. The molecule has 0 aromatic heterocycles. The Kier molecular flexibility index (Phi) is 6.02. The van der Waals surface area contributed by atoms with E-state index < -0.39 is 30.6 Å². The third-order valence-corrected chi connectivity index (χ3v) is 8.53. The first kappa shape index (κ1) is 20.3. The topological polar surface area (TPSA) is 74.6 Å². The number of fused-ring (bicyclic) bond motifs is 1. The van der Waals surface area contributed by atoms with Gasteiger partial charge < -0.3 is 10.00 Å². The van der Waals surface area contributed by atoms with Crippen LogP contribution in [0.2, 0.25) is 0 Å². The average Bonchev–Trinajstić information content (AvgIpc) is 2.71. The fourth-order valence-electron chi connectivity index (χ4n) is 4.00. The molecule has 4 nitrogen and oxygen atoms in total. The van der Waals surface area contributed by atoms with Gasteiger partial charge in [-0.05, 0) is 35.2 Å². The number of carbonyl (C=O) groups is 1. The maximum atomic E-state index is 13.7. The Bertz CT molecular complexity index is 1010. The minimum atomic E-state index is -3.88. The van der Waals surface area contributed by atoms with E-state index in [-0.39, 0.29) is 0 Å². The zero-order valence-electron chi connectivity index (χ0n) is 16.0. The van der Waals surface area contributed by atoms with Gasteiger partial charge >= 0.3 is 5.97 Å². The third kappa shape index (κ3) is 3.76. The monoisotopic (exact) mass is 396 g/mol. The fourth-order valence-corrected chi connectivity index (χ4v) is 6.45. The second-order valence-corrected chi connectivity index (χ2v) is 9.90. The molecule has 4 atom stereocenters. The van der Waals surface area contributed by atoms with Crippen LogP contribution in [0, 0.1) is 0 Å². The molecule has 0 spiro atoms. The first-order valence-corrected chi connectivity index (χ1v) is 11.2. The van der Waals surface area contributed by atoms with Crippen molar-refractivity contribution in [2.45, 2.75) is 37.5 Å². The third-order valence-electron chi connectivity index (χ3n) is 5.53. The highest BCUT2D eigenvalue weighted by Crippen LogP contribution is 2.64. The van der Waals surface area contributed by atoms with Crippen molar-refractivity contribution in [1.29, 1.82) is 0 Å². The van der Waals surface area contributed by atoms with Gasteiger partial charge in [0.1, 0.15) is 0 Å². The summed E-state index contributed by atoms with van der Waals surface area (Å²) in [5.41, 5.74) is -0.212. The Balaban J connectivity index is 2.07. The molecule has 146 valence electrons. The minimum absolute atomic E-state index is 0.300. The number of carboxylic acid groups (broad SMARTS) is 1. The van der Waals surface area contributed by atoms with Crippen LogP contribution in [0.1, 0.15) is 43.0 Å². The second-order valence-electron chi connectivity index (χ2n) is 7.12. The van der Waals surface area contributed by atoms with E-state index in [1.165, 1.54) is 0 Å². The number of hydrogen-bond donors (Lipinski definition) is 2. The molecule has 0 saturated heterocycles. The van der Waals surface area contributed by atoms with E-state index in [2.05, 4.69) is 0 Å². The van der Waals surface area contributed by atoms with Crippen LogP contribution in [0.25, 0.3) is 10.8 Å². The quantitative estimate of drug-likeness (QED) is 0.494. The number of hydrogen-bond acceptors (Lipinski definition) is 2. The van der Waals surface area contributed by atoms with Gasteiger partial charge in [-0.3, -0.25) is 9.36 Å². The summed E-state index contributed by atoms with van der Waals surface area (Å²) in [6.07, 6.45) is 0.300. The molecular formula is C23H25O4P. The SMILES string of the molecule is CCC(C(C(=O)O)c1ccccc1)P(=O)(O)C(C)c1cccc2ccccc12. The molecule has 0 fully saturated rings. The van der Waals surface area contributed by atoms with Crippen molar-refractivity contribution < 1.29 is 19.4 Å². The van der Waals surface area contributed by atoms with Gasteiger partial charge in [0.2, 0.25) is 7.37 Å². The normalized spacial score (nSPS) is 16.8. The van der Waals surface area contributed by atoms with E-state index in [1.54, 1.807) is 44.2 Å². The predicted molar refractivity (Wildman–Crippen MR) is 113 cm³/mol. The molecule has 3 aromatic carbocycles. The highest BCUT2D eigenvalue weighted by molar-refractivity contribution is 7.59. The second kappa shape index (κ2) is 8.30. The molecule has 2 N–H and O–H groups in total. The van der Waals surface area contributed by atoms with Crippen molar-refractivity contribution >= 4 is 24.1 Å². The molecule has 0 bridgehead atoms. The lowest BCUT2D eigenvalue weighted by atomic mass is 9.94. The van der Waals surface area contributed by atoms with Crippen LogP contribution < -0.4 is 0 Å². The lowest BCUT2D eigenvalue weighted by molar-refractivity contribution is -0.138. The molecule has 0 heterocycles. The number of carboxylic acids is 1. The maximum absolute atomic E-state index is 13.7. The van der Waals surface area contributed by atoms with Crippen LogP contribution in [0.5, 0.6) is 0 Å². The molecule has 28 heavy (non-hydrogen) atoms. The Morgan fingerprint density at radius 2 is 1.57 bits per heavy atom. The Hall–Kier alpha value is -2.42. The van der Waals surface area contributed by atoms with E-state index in [4.69, 9.17) is 0 Å². The average molecular weight is 396 g/mol. The summed E-state index contributed by atoms with van der Waals surface area (Å²) in [7, 11) is -3.88. The van der Waals surface area contributed by atoms with Gasteiger partial charge in [-0.1, -0.05) is 79.7 Å². The summed E-state index contributed by atoms with van der Waals surface area (Å²) in [6.45, 7) is 3.51. The highest BCUT2D eigenvalue weighted by Gasteiger charge is 2.44. The molecular weight excluding hydrogens is 371 g/mol. The van der Waals surface area contributed by atoms with Crippen LogP contribution in [-0.4, -0.2) is 21.6 Å². The number of rotatable bonds is 7. The summed E-state index contributed by atoms with van der Waals surface area (Å²) in [6, 6.07) is 22.2. The Labute approximate surface area is 165 Å². The molecule has 0 radical (unpaired) electrons. The molecule has 0 amide bonds. The maximum Gasteiger partial charge on any atom is 0.311 e. The van der Waals surface area contributed by atoms with Crippen molar-refractivity contribution in [3.8, 4) is 0 Å². The lowest BCUT2D eigenvalue weighted by Crippen LogP contribution is -2.27. The summed E-state index contributed by atoms with van der Waals surface area (Å²) < 4.78 is 13.7. The molecule has 5 heteroatoms. The van der Waals surface area contributed by atoms with Crippen LogP contribution in [0.15, 0.2) is 72.8 Å². The molecule has 0 aliphatic heterocycles. The van der Waals surface area contributed by atoms with Gasteiger partial charge in [-0.15, -0.1) is 0 Å². The first-order chi connectivity index (χ1) is 13.4. The Morgan fingerprint density at radius 3 is 2.21 bits per heavy atom. The van der Waals surface area contributed by atoms with Gasteiger partial charge in [0.25, 0.3) is 0 Å². The van der Waals surface area contributed by atoms with E-state index in [0.717, 1.165) is 16.3 Å². The van der Waals surface area contributed by atoms with Crippen LogP contribution in [-0.2, 0) is 9.36 Å². The highest BCUT2D eigenvalue weighted by atomic mass is 31.2. The van der Waals surface area contributed by atoms with E-state index in [9.17, 15) is 19.4 Å². The largest absolute Gasteiger partial charge is 0.481 e. The molecule has 4 unspecified atom stereocenters. The van der Waals surface area contributed by atoms with E-state index in [0.29, 0.717) is 12.0 Å². The Morgan fingerprint density at radius 1 is 0.964 bits per heavy atom. The van der Waals surface area contributed by atoms with E-state index in [1.807, 2.05) is 42.5 Å². The molecule has 0 aliphatic carbocycles. The fraction of sp³-hybridized carbons (Fsp3) is 0.261. The van der Waals surface area contributed by atoms with Crippen molar-refractivity contribution in [1.82, 2.24) is 0 Å². The molecule has 0 aliphatic rings. The lowest BCUT2D eigenvalue weighted by Gasteiger charge is -2.32. The molecule has 3 rings (SSSR count). The van der Waals surface area contributed by atoms with Crippen molar-refractivity contribution in [2.24, 2.45) is 0 Å². The predicted octanol–water partition coefficient (Wildman–Crippen LogP) is 5.82.